The molecule has 25 heavy (non-hydrogen) atoms. The maximum atomic E-state index is 12.5. The number of benzene rings is 2. The number of halogens is 1. The number of rotatable bonds is 7. The highest BCUT2D eigenvalue weighted by atomic mass is 35.5. The Bertz CT molecular complexity index is 850. The molecule has 0 aromatic heterocycles. The van der Waals surface area contributed by atoms with E-state index in [0.29, 0.717) is 12.4 Å². The van der Waals surface area contributed by atoms with Crippen LogP contribution in [0.15, 0.2) is 47.4 Å². The Labute approximate surface area is 151 Å². The molecule has 1 N–H and O–H groups in total. The Morgan fingerprint density at radius 3 is 2.44 bits per heavy atom. The molecule has 0 spiro atoms. The van der Waals surface area contributed by atoms with E-state index in [0.717, 1.165) is 5.56 Å². The minimum Gasteiger partial charge on any atom is -0.494 e. The lowest BCUT2D eigenvalue weighted by Crippen LogP contribution is -2.24. The first-order valence-electron chi connectivity index (χ1n) is 7.46. The van der Waals surface area contributed by atoms with Crippen molar-refractivity contribution in [3.8, 4) is 5.75 Å². The minimum atomic E-state index is -3.89. The summed E-state index contributed by atoms with van der Waals surface area (Å²) in [4.78, 5) is 11.4. The van der Waals surface area contributed by atoms with E-state index in [9.17, 15) is 13.2 Å². The van der Waals surface area contributed by atoms with Crippen molar-refractivity contribution >= 4 is 27.6 Å². The third-order valence-corrected chi connectivity index (χ3v) is 5.23. The van der Waals surface area contributed by atoms with E-state index in [-0.39, 0.29) is 22.0 Å². The Morgan fingerprint density at radius 1 is 1.16 bits per heavy atom. The molecule has 2 aromatic carbocycles. The van der Waals surface area contributed by atoms with Gasteiger partial charge in [0.2, 0.25) is 10.0 Å². The molecule has 0 aliphatic heterocycles. The number of hydrogen-bond donors (Lipinski definition) is 1. The fourth-order valence-corrected chi connectivity index (χ4v) is 3.62. The molecule has 0 bridgehead atoms. The van der Waals surface area contributed by atoms with Crippen LogP contribution in [0, 0.1) is 0 Å². The molecular formula is C17H18ClNO5S. The summed E-state index contributed by atoms with van der Waals surface area (Å²) < 4.78 is 37.4. The fourth-order valence-electron chi connectivity index (χ4n) is 2.08. The van der Waals surface area contributed by atoms with Crippen LogP contribution in [-0.4, -0.2) is 28.1 Å². The van der Waals surface area contributed by atoms with Crippen LogP contribution in [0.2, 0.25) is 5.02 Å². The molecule has 134 valence electrons. The highest BCUT2D eigenvalue weighted by Gasteiger charge is 2.20. The number of nitrogens with one attached hydrogen (secondary N) is 1. The number of sulfonamides is 1. The largest absolute Gasteiger partial charge is 0.494 e. The van der Waals surface area contributed by atoms with Crippen molar-refractivity contribution in [1.82, 2.24) is 4.72 Å². The lowest BCUT2D eigenvalue weighted by atomic mass is 10.2. The van der Waals surface area contributed by atoms with E-state index in [1.165, 1.54) is 25.3 Å². The summed E-state index contributed by atoms with van der Waals surface area (Å²) in [6.45, 7) is 2.52. The molecule has 6 nitrogen and oxygen atoms in total. The van der Waals surface area contributed by atoms with Crippen molar-refractivity contribution in [2.45, 2.75) is 18.4 Å². The summed E-state index contributed by atoms with van der Waals surface area (Å²) in [5, 5.41) is 0.0202. The molecule has 0 heterocycles. The van der Waals surface area contributed by atoms with Crippen molar-refractivity contribution in [2.75, 3.05) is 13.7 Å². The first kappa shape index (κ1) is 19.2. The van der Waals surface area contributed by atoms with Gasteiger partial charge in [0, 0.05) is 6.54 Å². The predicted octanol–water partition coefficient (Wildman–Crippen LogP) is 3.00. The van der Waals surface area contributed by atoms with Crippen LogP contribution in [0.3, 0.4) is 0 Å². The SMILES string of the molecule is CCOc1ccc(CNS(=O)(=O)c2cc(C(=O)OC)ccc2Cl)cc1. The van der Waals surface area contributed by atoms with Gasteiger partial charge in [0.25, 0.3) is 0 Å². The molecule has 0 fully saturated rings. The van der Waals surface area contributed by atoms with E-state index >= 15 is 0 Å². The lowest BCUT2D eigenvalue weighted by Gasteiger charge is -2.10. The minimum absolute atomic E-state index is 0.0202. The zero-order valence-electron chi connectivity index (χ0n) is 13.8. The molecule has 0 saturated heterocycles. The second-order valence-corrected chi connectivity index (χ2v) is 7.18. The molecular weight excluding hydrogens is 366 g/mol. The molecule has 0 saturated carbocycles. The molecule has 0 unspecified atom stereocenters. The van der Waals surface area contributed by atoms with Crippen LogP contribution in [0.5, 0.6) is 5.75 Å². The highest BCUT2D eigenvalue weighted by molar-refractivity contribution is 7.89. The summed E-state index contributed by atoms with van der Waals surface area (Å²) in [6, 6.07) is 11.0. The fraction of sp³-hybridized carbons (Fsp3) is 0.235. The zero-order valence-corrected chi connectivity index (χ0v) is 15.4. The first-order valence-corrected chi connectivity index (χ1v) is 9.32. The zero-order chi connectivity index (χ0) is 18.4. The van der Waals surface area contributed by atoms with Gasteiger partial charge in [-0.25, -0.2) is 17.9 Å². The second-order valence-electron chi connectivity index (χ2n) is 5.04. The Balaban J connectivity index is 2.17. The van der Waals surface area contributed by atoms with E-state index < -0.39 is 16.0 Å². The number of hydrogen-bond acceptors (Lipinski definition) is 5. The Hall–Kier alpha value is -2.09. The number of carbonyl (C=O) groups excluding carboxylic acids is 1. The van der Waals surface area contributed by atoms with Crippen LogP contribution in [-0.2, 0) is 21.3 Å². The summed E-state index contributed by atoms with van der Waals surface area (Å²) >= 11 is 5.98. The number of ether oxygens (including phenoxy) is 2. The lowest BCUT2D eigenvalue weighted by molar-refractivity contribution is 0.0600. The van der Waals surface area contributed by atoms with Crippen LogP contribution >= 0.6 is 11.6 Å². The monoisotopic (exact) mass is 383 g/mol. The van der Waals surface area contributed by atoms with Crippen molar-refractivity contribution in [2.24, 2.45) is 0 Å². The first-order chi connectivity index (χ1) is 11.9. The van der Waals surface area contributed by atoms with Crippen molar-refractivity contribution in [3.63, 3.8) is 0 Å². The molecule has 0 amide bonds. The third kappa shape index (κ3) is 4.94. The second kappa shape index (κ2) is 8.33. The summed E-state index contributed by atoms with van der Waals surface area (Å²) in [6.07, 6.45) is 0. The van der Waals surface area contributed by atoms with E-state index in [1.807, 2.05) is 6.92 Å². The Kier molecular flexibility index (Phi) is 6.41. The van der Waals surface area contributed by atoms with Crippen molar-refractivity contribution in [3.05, 3.63) is 58.6 Å². The van der Waals surface area contributed by atoms with Gasteiger partial charge < -0.3 is 9.47 Å². The van der Waals surface area contributed by atoms with Gasteiger partial charge in [0.15, 0.2) is 0 Å². The van der Waals surface area contributed by atoms with Gasteiger partial charge >= 0.3 is 5.97 Å². The Morgan fingerprint density at radius 2 is 1.84 bits per heavy atom. The molecule has 2 rings (SSSR count). The smallest absolute Gasteiger partial charge is 0.337 e. The van der Waals surface area contributed by atoms with Gasteiger partial charge in [-0.1, -0.05) is 23.7 Å². The van der Waals surface area contributed by atoms with Crippen LogP contribution in [0.25, 0.3) is 0 Å². The van der Waals surface area contributed by atoms with Gasteiger partial charge in [-0.2, -0.15) is 0 Å². The van der Waals surface area contributed by atoms with Gasteiger partial charge in [-0.05, 0) is 42.8 Å². The third-order valence-electron chi connectivity index (χ3n) is 3.34. The van der Waals surface area contributed by atoms with E-state index in [4.69, 9.17) is 16.3 Å². The standard InChI is InChI=1S/C17H18ClNO5S/c1-3-24-14-7-4-12(5-8-14)11-19-25(21,22)16-10-13(17(20)23-2)6-9-15(16)18/h4-10,19H,3,11H2,1-2H3. The molecule has 0 aliphatic rings. The summed E-state index contributed by atoms with van der Waals surface area (Å²) in [7, 11) is -2.68. The van der Waals surface area contributed by atoms with Crippen LogP contribution < -0.4 is 9.46 Å². The quantitative estimate of drug-likeness (QED) is 0.743. The van der Waals surface area contributed by atoms with Gasteiger partial charge in [0.1, 0.15) is 10.6 Å². The van der Waals surface area contributed by atoms with Gasteiger partial charge in [-0.3, -0.25) is 0 Å². The molecule has 0 radical (unpaired) electrons. The topological polar surface area (TPSA) is 81.7 Å². The average Bonchev–Trinajstić information content (AvgIpc) is 2.61. The summed E-state index contributed by atoms with van der Waals surface area (Å²) in [5.74, 6) is 0.0718. The molecule has 0 aliphatic carbocycles. The number of carbonyl (C=O) groups is 1. The van der Waals surface area contributed by atoms with Crippen molar-refractivity contribution < 1.29 is 22.7 Å². The maximum Gasteiger partial charge on any atom is 0.337 e. The number of methoxy groups -OCH3 is 1. The highest BCUT2D eigenvalue weighted by Crippen LogP contribution is 2.23. The predicted molar refractivity (Wildman–Crippen MR) is 94.4 cm³/mol. The van der Waals surface area contributed by atoms with Crippen LogP contribution in [0.4, 0.5) is 0 Å². The van der Waals surface area contributed by atoms with Gasteiger partial charge in [-0.15, -0.1) is 0 Å². The molecule has 2 aromatic rings. The van der Waals surface area contributed by atoms with E-state index in [1.54, 1.807) is 24.3 Å². The number of esters is 1. The maximum absolute atomic E-state index is 12.5. The molecule has 8 heteroatoms. The molecule has 0 atom stereocenters. The van der Waals surface area contributed by atoms with Crippen LogP contribution in [0.1, 0.15) is 22.8 Å². The normalized spacial score (nSPS) is 11.2. The van der Waals surface area contributed by atoms with Gasteiger partial charge in [0.05, 0.1) is 24.3 Å². The van der Waals surface area contributed by atoms with E-state index in [2.05, 4.69) is 9.46 Å². The average molecular weight is 384 g/mol. The summed E-state index contributed by atoms with van der Waals surface area (Å²) in [5.41, 5.74) is 0.862. The van der Waals surface area contributed by atoms with Crippen molar-refractivity contribution in [1.29, 1.82) is 0 Å².